The second kappa shape index (κ2) is 5.91. The zero-order chi connectivity index (χ0) is 12.1. The Balaban J connectivity index is 1.86. The molecule has 0 N–H and O–H groups in total. The van der Waals surface area contributed by atoms with Gasteiger partial charge in [0.05, 0.1) is 6.54 Å². The van der Waals surface area contributed by atoms with Gasteiger partial charge in [-0.05, 0) is 44.4 Å². The molecule has 1 saturated carbocycles. The van der Waals surface area contributed by atoms with Crippen LogP contribution in [0.25, 0.3) is 0 Å². The normalized spacial score (nSPS) is 19.4. The lowest BCUT2D eigenvalue weighted by atomic mass is 9.97. The summed E-state index contributed by atoms with van der Waals surface area (Å²) < 4.78 is 0. The summed E-state index contributed by atoms with van der Waals surface area (Å²) in [5, 5.41) is 0. The summed E-state index contributed by atoms with van der Waals surface area (Å²) in [6.45, 7) is 1.35. The summed E-state index contributed by atoms with van der Waals surface area (Å²) in [6, 6.07) is 0. The number of hydrogen-bond acceptors (Lipinski definition) is 1. The number of nitrogens with zero attached hydrogens (tertiary/aromatic N) is 1. The molecular formula is C15H21NO. The summed E-state index contributed by atoms with van der Waals surface area (Å²) in [6.07, 6.45) is 15.4. The van der Waals surface area contributed by atoms with Gasteiger partial charge >= 0.3 is 0 Å². The third-order valence-corrected chi connectivity index (χ3v) is 3.57. The Morgan fingerprint density at radius 2 is 2.29 bits per heavy atom. The highest BCUT2D eigenvalue weighted by Gasteiger charge is 2.26. The number of carbonyl (C=O) groups excluding carboxylic acids is 1. The molecule has 0 atom stereocenters. The summed E-state index contributed by atoms with van der Waals surface area (Å²) >= 11 is 0. The Morgan fingerprint density at radius 1 is 1.47 bits per heavy atom. The van der Waals surface area contributed by atoms with Crippen LogP contribution in [0.5, 0.6) is 0 Å². The molecule has 0 saturated heterocycles. The van der Waals surface area contributed by atoms with Gasteiger partial charge < -0.3 is 4.90 Å². The zero-order valence-electron chi connectivity index (χ0n) is 10.5. The van der Waals surface area contributed by atoms with Gasteiger partial charge in [-0.1, -0.05) is 17.6 Å². The lowest BCUT2D eigenvalue weighted by molar-refractivity contribution is -0.130. The summed E-state index contributed by atoms with van der Waals surface area (Å²) in [7, 11) is 0. The van der Waals surface area contributed by atoms with Crippen LogP contribution in [0.2, 0.25) is 0 Å². The van der Waals surface area contributed by atoms with E-state index in [-0.39, 0.29) is 5.91 Å². The Morgan fingerprint density at radius 3 is 2.88 bits per heavy atom. The van der Waals surface area contributed by atoms with Crippen LogP contribution < -0.4 is 0 Å². The van der Waals surface area contributed by atoms with Crippen LogP contribution in [-0.2, 0) is 4.79 Å². The lowest BCUT2D eigenvalue weighted by Crippen LogP contribution is -2.33. The third kappa shape index (κ3) is 3.93. The van der Waals surface area contributed by atoms with Gasteiger partial charge in [0.15, 0.2) is 0 Å². The number of rotatable bonds is 5. The summed E-state index contributed by atoms with van der Waals surface area (Å²) in [4.78, 5) is 14.0. The predicted molar refractivity (Wildman–Crippen MR) is 69.3 cm³/mol. The van der Waals surface area contributed by atoms with Gasteiger partial charge in [0.25, 0.3) is 0 Å². The molecule has 0 heterocycles. The van der Waals surface area contributed by atoms with Crippen LogP contribution in [0.3, 0.4) is 0 Å². The standard InChI is InChI=1S/C15H21NO/c1-2-10-16(12-14-8-9-14)15(17)11-13-6-4-3-5-7-13/h1,6,14H,3-5,7-12H2. The van der Waals surface area contributed by atoms with Crippen LogP contribution in [0.1, 0.15) is 44.9 Å². The molecule has 0 unspecified atom stereocenters. The van der Waals surface area contributed by atoms with Crippen molar-refractivity contribution in [3.8, 4) is 12.3 Å². The molecule has 0 aromatic rings. The first-order chi connectivity index (χ1) is 8.29. The molecule has 0 spiro atoms. The van der Waals surface area contributed by atoms with Crippen molar-refractivity contribution in [1.82, 2.24) is 4.90 Å². The molecule has 92 valence electrons. The molecule has 0 aliphatic heterocycles. The molecule has 0 aromatic carbocycles. The van der Waals surface area contributed by atoms with Crippen molar-refractivity contribution in [3.63, 3.8) is 0 Å². The molecule has 1 amide bonds. The van der Waals surface area contributed by atoms with E-state index in [1.807, 2.05) is 4.90 Å². The molecule has 2 aliphatic rings. The predicted octanol–water partition coefficient (Wildman–Crippen LogP) is 2.75. The van der Waals surface area contributed by atoms with Crippen molar-refractivity contribution in [3.05, 3.63) is 11.6 Å². The fourth-order valence-electron chi connectivity index (χ4n) is 2.35. The van der Waals surface area contributed by atoms with Gasteiger partial charge in [-0.15, -0.1) is 6.42 Å². The number of amides is 1. The van der Waals surface area contributed by atoms with Crippen molar-refractivity contribution in [2.45, 2.75) is 44.9 Å². The smallest absolute Gasteiger partial charge is 0.227 e. The van der Waals surface area contributed by atoms with Crippen molar-refractivity contribution >= 4 is 5.91 Å². The lowest BCUT2D eigenvalue weighted by Gasteiger charge is -2.21. The molecule has 2 rings (SSSR count). The van der Waals surface area contributed by atoms with Gasteiger partial charge in [-0.3, -0.25) is 4.79 Å². The topological polar surface area (TPSA) is 20.3 Å². The third-order valence-electron chi connectivity index (χ3n) is 3.57. The first-order valence-corrected chi connectivity index (χ1v) is 6.68. The van der Waals surface area contributed by atoms with E-state index in [1.165, 1.54) is 31.3 Å². The summed E-state index contributed by atoms with van der Waals surface area (Å²) in [5.41, 5.74) is 1.32. The molecule has 2 nitrogen and oxygen atoms in total. The van der Waals surface area contributed by atoms with Gasteiger partial charge in [0.1, 0.15) is 0 Å². The number of carbonyl (C=O) groups is 1. The van der Waals surface area contributed by atoms with Crippen LogP contribution in [-0.4, -0.2) is 23.9 Å². The Hall–Kier alpha value is -1.23. The summed E-state index contributed by atoms with van der Waals surface area (Å²) in [5.74, 6) is 3.55. The van der Waals surface area contributed by atoms with Gasteiger partial charge in [-0.2, -0.15) is 0 Å². The SMILES string of the molecule is C#CCN(CC1CC1)C(=O)CC1=CCCCC1. The fourth-order valence-corrected chi connectivity index (χ4v) is 2.35. The Kier molecular flexibility index (Phi) is 4.25. The fraction of sp³-hybridized carbons (Fsp3) is 0.667. The Bertz CT molecular complexity index is 346. The zero-order valence-corrected chi connectivity index (χ0v) is 10.5. The van der Waals surface area contributed by atoms with Crippen molar-refractivity contribution in [2.24, 2.45) is 5.92 Å². The number of allylic oxidation sites excluding steroid dienone is 1. The van der Waals surface area contributed by atoms with E-state index < -0.39 is 0 Å². The first-order valence-electron chi connectivity index (χ1n) is 6.68. The Labute approximate surface area is 104 Å². The van der Waals surface area contributed by atoms with Gasteiger partial charge in [0.2, 0.25) is 5.91 Å². The molecule has 2 heteroatoms. The maximum absolute atomic E-state index is 12.2. The van der Waals surface area contributed by atoms with Gasteiger partial charge in [0, 0.05) is 13.0 Å². The van der Waals surface area contributed by atoms with E-state index in [4.69, 9.17) is 6.42 Å². The minimum Gasteiger partial charge on any atom is -0.331 e. The van der Waals surface area contributed by atoms with Crippen LogP contribution >= 0.6 is 0 Å². The largest absolute Gasteiger partial charge is 0.331 e. The molecule has 0 bridgehead atoms. The second-order valence-corrected chi connectivity index (χ2v) is 5.21. The quantitative estimate of drug-likeness (QED) is 0.526. The van der Waals surface area contributed by atoms with Crippen LogP contribution in [0, 0.1) is 18.3 Å². The first kappa shape index (κ1) is 12.2. The number of terminal acetylenes is 1. The highest BCUT2D eigenvalue weighted by atomic mass is 16.2. The maximum Gasteiger partial charge on any atom is 0.227 e. The maximum atomic E-state index is 12.2. The highest BCUT2D eigenvalue weighted by Crippen LogP contribution is 2.30. The number of hydrogen-bond donors (Lipinski definition) is 0. The molecule has 1 fully saturated rings. The van der Waals surface area contributed by atoms with Crippen molar-refractivity contribution in [1.29, 1.82) is 0 Å². The van der Waals surface area contributed by atoms with Gasteiger partial charge in [-0.25, -0.2) is 0 Å². The molecule has 2 aliphatic carbocycles. The molecule has 17 heavy (non-hydrogen) atoms. The monoisotopic (exact) mass is 231 g/mol. The molecule has 0 aromatic heterocycles. The van der Waals surface area contributed by atoms with E-state index in [2.05, 4.69) is 12.0 Å². The second-order valence-electron chi connectivity index (χ2n) is 5.21. The van der Waals surface area contributed by atoms with Crippen LogP contribution in [0.15, 0.2) is 11.6 Å². The van der Waals surface area contributed by atoms with E-state index in [0.29, 0.717) is 18.9 Å². The average Bonchev–Trinajstić information content (AvgIpc) is 3.14. The van der Waals surface area contributed by atoms with Crippen molar-refractivity contribution < 1.29 is 4.79 Å². The minimum absolute atomic E-state index is 0.225. The minimum atomic E-state index is 0.225. The highest BCUT2D eigenvalue weighted by molar-refractivity contribution is 5.79. The van der Waals surface area contributed by atoms with E-state index in [0.717, 1.165) is 19.4 Å². The van der Waals surface area contributed by atoms with E-state index in [1.54, 1.807) is 0 Å². The van der Waals surface area contributed by atoms with Crippen LogP contribution in [0.4, 0.5) is 0 Å². The van der Waals surface area contributed by atoms with E-state index in [9.17, 15) is 4.79 Å². The van der Waals surface area contributed by atoms with E-state index >= 15 is 0 Å². The molecule has 0 radical (unpaired) electrons. The van der Waals surface area contributed by atoms with Crippen molar-refractivity contribution in [2.75, 3.05) is 13.1 Å². The average molecular weight is 231 g/mol. The molecular weight excluding hydrogens is 210 g/mol.